The van der Waals surface area contributed by atoms with Crippen molar-refractivity contribution >= 4 is 41.5 Å². The van der Waals surface area contributed by atoms with Crippen LogP contribution in [0.15, 0.2) is 45.6 Å². The SMILES string of the molecule is O=C(O)c1ccco1.O=C(O)c1ccco1.[Na]. The molecule has 0 saturated heterocycles. The van der Waals surface area contributed by atoms with Crippen molar-refractivity contribution in [3.8, 4) is 0 Å². The first-order valence-corrected chi connectivity index (χ1v) is 4.15. The molecule has 2 N–H and O–H groups in total. The van der Waals surface area contributed by atoms with Gasteiger partial charge in [-0.25, -0.2) is 9.59 Å². The van der Waals surface area contributed by atoms with Crippen LogP contribution in [0.3, 0.4) is 0 Å². The first-order valence-electron chi connectivity index (χ1n) is 4.15. The first kappa shape index (κ1) is 15.5. The zero-order chi connectivity index (χ0) is 12.0. The molecule has 0 saturated carbocycles. The Morgan fingerprint density at radius 3 is 1.35 bits per heavy atom. The van der Waals surface area contributed by atoms with Gasteiger partial charge in [0.1, 0.15) is 0 Å². The topological polar surface area (TPSA) is 101 Å². The molecule has 17 heavy (non-hydrogen) atoms. The fourth-order valence-electron chi connectivity index (χ4n) is 0.800. The number of rotatable bonds is 2. The van der Waals surface area contributed by atoms with Crippen molar-refractivity contribution < 1.29 is 28.6 Å². The predicted molar refractivity (Wildman–Crippen MR) is 57.1 cm³/mol. The Labute approximate surface area is 118 Å². The largest absolute Gasteiger partial charge is 0.475 e. The maximum atomic E-state index is 9.97. The molecular weight excluding hydrogens is 239 g/mol. The van der Waals surface area contributed by atoms with Gasteiger partial charge < -0.3 is 19.0 Å². The number of carbonyl (C=O) groups is 2. The molecule has 7 heteroatoms. The molecule has 2 heterocycles. The van der Waals surface area contributed by atoms with Crippen molar-refractivity contribution in [1.82, 2.24) is 0 Å². The number of aromatic carboxylic acids is 2. The van der Waals surface area contributed by atoms with E-state index in [2.05, 4.69) is 8.83 Å². The van der Waals surface area contributed by atoms with Gasteiger partial charge >= 0.3 is 11.9 Å². The molecule has 0 bridgehead atoms. The number of carboxylic acids is 2. The average Bonchev–Trinajstić information content (AvgIpc) is 2.93. The summed E-state index contributed by atoms with van der Waals surface area (Å²) in [4.78, 5) is 19.9. The first-order chi connectivity index (χ1) is 7.61. The third-order valence-electron chi connectivity index (χ3n) is 1.46. The second kappa shape index (κ2) is 7.72. The van der Waals surface area contributed by atoms with E-state index >= 15 is 0 Å². The molecule has 85 valence electrons. The Balaban J connectivity index is 0.000000284. The molecule has 0 aliphatic heterocycles. The molecule has 0 aliphatic rings. The normalized spacial score (nSPS) is 8.47. The summed E-state index contributed by atoms with van der Waals surface area (Å²) >= 11 is 0. The minimum Gasteiger partial charge on any atom is -0.475 e. The van der Waals surface area contributed by atoms with E-state index in [4.69, 9.17) is 10.2 Å². The van der Waals surface area contributed by atoms with Crippen molar-refractivity contribution in [1.29, 1.82) is 0 Å². The third-order valence-corrected chi connectivity index (χ3v) is 1.46. The summed E-state index contributed by atoms with van der Waals surface area (Å²) in [7, 11) is 0. The van der Waals surface area contributed by atoms with Crippen LogP contribution in [0.25, 0.3) is 0 Å². The fourth-order valence-corrected chi connectivity index (χ4v) is 0.800. The van der Waals surface area contributed by atoms with E-state index < -0.39 is 11.9 Å². The molecule has 0 atom stereocenters. The van der Waals surface area contributed by atoms with Crippen LogP contribution < -0.4 is 0 Å². The van der Waals surface area contributed by atoms with Crippen molar-refractivity contribution in [3.05, 3.63) is 48.3 Å². The smallest absolute Gasteiger partial charge is 0.371 e. The van der Waals surface area contributed by atoms with Gasteiger partial charge in [-0.05, 0) is 24.3 Å². The monoisotopic (exact) mass is 247 g/mol. The molecule has 0 amide bonds. The predicted octanol–water partition coefficient (Wildman–Crippen LogP) is 1.57. The van der Waals surface area contributed by atoms with E-state index in [0.29, 0.717) is 0 Å². The molecule has 1 radical (unpaired) electrons. The van der Waals surface area contributed by atoms with Crippen LogP contribution in [0.4, 0.5) is 0 Å². The molecule has 0 unspecified atom stereocenters. The maximum Gasteiger partial charge on any atom is 0.371 e. The molecule has 2 aromatic rings. The van der Waals surface area contributed by atoms with E-state index in [1.807, 2.05) is 0 Å². The molecule has 6 nitrogen and oxygen atoms in total. The number of hydrogen-bond acceptors (Lipinski definition) is 4. The van der Waals surface area contributed by atoms with Gasteiger partial charge in [-0.1, -0.05) is 0 Å². The minimum absolute atomic E-state index is 0. The summed E-state index contributed by atoms with van der Waals surface area (Å²) in [5.41, 5.74) is 0. The van der Waals surface area contributed by atoms with Gasteiger partial charge in [0.2, 0.25) is 11.5 Å². The molecule has 0 fully saturated rings. The third kappa shape index (κ3) is 5.39. The van der Waals surface area contributed by atoms with Crippen LogP contribution in [0, 0.1) is 0 Å². The van der Waals surface area contributed by atoms with E-state index in [1.165, 1.54) is 36.8 Å². The van der Waals surface area contributed by atoms with Crippen molar-refractivity contribution in [3.63, 3.8) is 0 Å². The van der Waals surface area contributed by atoms with Gasteiger partial charge in [0.25, 0.3) is 0 Å². The number of hydrogen-bond donors (Lipinski definition) is 2. The minimum atomic E-state index is -1.03. The molecule has 2 rings (SSSR count). The summed E-state index contributed by atoms with van der Waals surface area (Å²) in [5.74, 6) is -2.11. The Kier molecular flexibility index (Phi) is 7.04. The van der Waals surface area contributed by atoms with Gasteiger partial charge in [-0.15, -0.1) is 0 Å². The summed E-state index contributed by atoms with van der Waals surface area (Å²) in [6, 6.07) is 5.84. The fraction of sp³-hybridized carbons (Fsp3) is 0. The summed E-state index contributed by atoms with van der Waals surface area (Å²) in [5, 5.41) is 16.4. The van der Waals surface area contributed by atoms with Gasteiger partial charge in [-0.2, -0.15) is 0 Å². The van der Waals surface area contributed by atoms with Crippen LogP contribution >= 0.6 is 0 Å². The number of carboxylic acid groups (broad SMARTS) is 2. The second-order valence-corrected chi connectivity index (χ2v) is 2.56. The summed E-state index contributed by atoms with van der Waals surface area (Å²) in [6.45, 7) is 0. The van der Waals surface area contributed by atoms with Gasteiger partial charge in [0, 0.05) is 29.6 Å². The van der Waals surface area contributed by atoms with Crippen LogP contribution in [-0.2, 0) is 0 Å². The van der Waals surface area contributed by atoms with Gasteiger partial charge in [0.05, 0.1) is 12.5 Å². The van der Waals surface area contributed by atoms with Crippen molar-refractivity contribution in [2.75, 3.05) is 0 Å². The summed E-state index contributed by atoms with van der Waals surface area (Å²) < 4.78 is 8.99. The van der Waals surface area contributed by atoms with Crippen LogP contribution in [-0.4, -0.2) is 51.7 Å². The van der Waals surface area contributed by atoms with E-state index in [-0.39, 0.29) is 41.1 Å². The number of furan rings is 2. The van der Waals surface area contributed by atoms with Crippen molar-refractivity contribution in [2.24, 2.45) is 0 Å². The maximum absolute atomic E-state index is 9.97. The second-order valence-electron chi connectivity index (χ2n) is 2.56. The van der Waals surface area contributed by atoms with Crippen LogP contribution in [0.1, 0.15) is 21.1 Å². The van der Waals surface area contributed by atoms with Crippen LogP contribution in [0.2, 0.25) is 0 Å². The Morgan fingerprint density at radius 2 is 1.24 bits per heavy atom. The average molecular weight is 247 g/mol. The molecular formula is C10H8NaO6. The van der Waals surface area contributed by atoms with E-state index in [1.54, 1.807) is 0 Å². The van der Waals surface area contributed by atoms with E-state index in [0.717, 1.165) is 0 Å². The van der Waals surface area contributed by atoms with Gasteiger partial charge in [-0.3, -0.25) is 0 Å². The van der Waals surface area contributed by atoms with E-state index in [9.17, 15) is 9.59 Å². The Bertz CT molecular complexity index is 401. The summed E-state index contributed by atoms with van der Waals surface area (Å²) in [6.07, 6.45) is 2.65. The zero-order valence-corrected chi connectivity index (χ0v) is 11.0. The zero-order valence-electron chi connectivity index (χ0n) is 8.99. The Morgan fingerprint density at radius 1 is 0.882 bits per heavy atom. The quantitative estimate of drug-likeness (QED) is 0.781. The van der Waals surface area contributed by atoms with Crippen LogP contribution in [0.5, 0.6) is 0 Å². The Hall–Kier alpha value is -1.50. The molecule has 0 aromatic carbocycles. The standard InChI is InChI=1S/2C5H4O3.Na/c2*6-5(7)4-2-1-3-8-4;/h2*1-3H,(H,6,7);. The molecule has 0 spiro atoms. The molecule has 0 aliphatic carbocycles. The van der Waals surface area contributed by atoms with Crippen molar-refractivity contribution in [2.45, 2.75) is 0 Å². The van der Waals surface area contributed by atoms with Gasteiger partial charge in [0.15, 0.2) is 0 Å². The molecule has 2 aromatic heterocycles.